The first-order valence-electron chi connectivity index (χ1n) is 15.4. The summed E-state index contributed by atoms with van der Waals surface area (Å²) >= 11 is 0. The Morgan fingerprint density at radius 3 is 1.16 bits per heavy atom. The molecule has 0 saturated carbocycles. The highest BCUT2D eigenvalue weighted by Crippen LogP contribution is 2.35. The van der Waals surface area contributed by atoms with E-state index in [-0.39, 0.29) is 11.9 Å². The molecule has 236 valence electrons. The van der Waals surface area contributed by atoms with Gasteiger partial charge in [0.15, 0.2) is 0 Å². The molecule has 0 aliphatic rings. The zero-order chi connectivity index (χ0) is 32.3. The van der Waals surface area contributed by atoms with Gasteiger partial charge in [0.1, 0.15) is 0 Å². The monoisotopic (exact) mass is 609 g/mol. The standard InChI is InChI=1S/C38H43NO6/c1-4-10-37(41)44-28-8-13-31-17-23-34(24-18-31)39(33-21-15-30(16-22-33)12-7-27-43-36(40)6-3)35-25-19-32(20-26-35)14-9-29-45-38(42)11-5-2/h4-6,10-11,15-26H,3,7-9,12-14,27-29H2,1-2H3/b10-4+,11-5+. The molecule has 3 aromatic rings. The summed E-state index contributed by atoms with van der Waals surface area (Å²) < 4.78 is 15.5. The second-order valence-electron chi connectivity index (χ2n) is 10.4. The Labute approximate surface area is 266 Å². The van der Waals surface area contributed by atoms with Crippen LogP contribution in [-0.4, -0.2) is 37.7 Å². The summed E-state index contributed by atoms with van der Waals surface area (Å²) in [7, 11) is 0. The van der Waals surface area contributed by atoms with Crippen molar-refractivity contribution >= 4 is 35.0 Å². The minimum Gasteiger partial charge on any atom is -0.463 e. The number of anilines is 3. The molecule has 0 radical (unpaired) electrons. The van der Waals surface area contributed by atoms with Crippen molar-refractivity contribution in [3.8, 4) is 0 Å². The minimum atomic E-state index is -0.404. The second-order valence-corrected chi connectivity index (χ2v) is 10.4. The first-order chi connectivity index (χ1) is 21.9. The van der Waals surface area contributed by atoms with Crippen LogP contribution in [0.3, 0.4) is 0 Å². The Morgan fingerprint density at radius 1 is 0.556 bits per heavy atom. The molecule has 0 unspecified atom stereocenters. The van der Waals surface area contributed by atoms with Crippen molar-refractivity contribution < 1.29 is 28.6 Å². The van der Waals surface area contributed by atoms with Gasteiger partial charge in [-0.2, -0.15) is 0 Å². The third kappa shape index (κ3) is 12.3. The van der Waals surface area contributed by atoms with E-state index >= 15 is 0 Å². The number of hydrogen-bond acceptors (Lipinski definition) is 7. The predicted molar refractivity (Wildman–Crippen MR) is 179 cm³/mol. The molecule has 3 rings (SSSR count). The molecule has 0 atom stereocenters. The fraction of sp³-hybridized carbons (Fsp3) is 0.289. The van der Waals surface area contributed by atoms with E-state index in [1.54, 1.807) is 26.0 Å². The molecule has 0 N–H and O–H groups in total. The summed E-state index contributed by atoms with van der Waals surface area (Å²) in [6.45, 7) is 8.11. The zero-order valence-corrected chi connectivity index (χ0v) is 26.3. The van der Waals surface area contributed by atoms with Crippen LogP contribution in [0, 0.1) is 0 Å². The van der Waals surface area contributed by atoms with Crippen LogP contribution in [0.1, 0.15) is 49.8 Å². The van der Waals surface area contributed by atoms with Gasteiger partial charge < -0.3 is 19.1 Å². The predicted octanol–water partition coefficient (Wildman–Crippen LogP) is 7.92. The minimum absolute atomic E-state index is 0.315. The molecular formula is C38H43NO6. The molecule has 3 aromatic carbocycles. The lowest BCUT2D eigenvalue weighted by atomic mass is 10.1. The van der Waals surface area contributed by atoms with Gasteiger partial charge in [-0.15, -0.1) is 0 Å². The van der Waals surface area contributed by atoms with Crippen LogP contribution < -0.4 is 4.90 Å². The summed E-state index contributed by atoms with van der Waals surface area (Å²) in [4.78, 5) is 36.6. The number of allylic oxidation sites excluding steroid dienone is 2. The van der Waals surface area contributed by atoms with Crippen LogP contribution in [0.15, 0.2) is 110 Å². The lowest BCUT2D eigenvalue weighted by Gasteiger charge is -2.26. The highest BCUT2D eigenvalue weighted by Gasteiger charge is 2.13. The van der Waals surface area contributed by atoms with Crippen molar-refractivity contribution in [2.45, 2.75) is 52.4 Å². The number of esters is 3. The Kier molecular flexibility index (Phi) is 14.9. The lowest BCUT2D eigenvalue weighted by molar-refractivity contribution is -0.138. The van der Waals surface area contributed by atoms with Crippen LogP contribution in [-0.2, 0) is 47.9 Å². The van der Waals surface area contributed by atoms with Gasteiger partial charge in [0, 0.05) is 35.3 Å². The molecule has 0 aliphatic carbocycles. The molecule has 0 heterocycles. The third-order valence-corrected chi connectivity index (χ3v) is 6.92. The summed E-state index contributed by atoms with van der Waals surface area (Å²) in [5.41, 5.74) is 6.54. The zero-order valence-electron chi connectivity index (χ0n) is 26.3. The molecule has 45 heavy (non-hydrogen) atoms. The van der Waals surface area contributed by atoms with E-state index in [1.807, 2.05) is 0 Å². The average molecular weight is 610 g/mol. The first kappa shape index (κ1) is 34.6. The van der Waals surface area contributed by atoms with Gasteiger partial charge in [0.2, 0.25) is 0 Å². The Bertz CT molecular complexity index is 1350. The number of rotatable bonds is 18. The van der Waals surface area contributed by atoms with E-state index in [1.165, 1.54) is 29.4 Å². The summed E-state index contributed by atoms with van der Waals surface area (Å²) in [6, 6.07) is 25.3. The molecule has 0 bridgehead atoms. The molecule has 7 nitrogen and oxygen atoms in total. The highest BCUT2D eigenvalue weighted by molar-refractivity contribution is 5.82. The topological polar surface area (TPSA) is 82.1 Å². The van der Waals surface area contributed by atoms with Gasteiger partial charge in [0.25, 0.3) is 0 Å². The number of benzene rings is 3. The fourth-order valence-corrected chi connectivity index (χ4v) is 4.66. The van der Waals surface area contributed by atoms with E-state index in [4.69, 9.17) is 14.2 Å². The lowest BCUT2D eigenvalue weighted by Crippen LogP contribution is -2.10. The molecular weight excluding hydrogens is 566 g/mol. The molecule has 0 saturated heterocycles. The average Bonchev–Trinajstić information content (AvgIpc) is 3.05. The number of hydrogen-bond donors (Lipinski definition) is 0. The van der Waals surface area contributed by atoms with E-state index in [2.05, 4.69) is 84.3 Å². The summed E-state index contributed by atoms with van der Waals surface area (Å²) in [6.07, 6.45) is 12.0. The Hall–Kier alpha value is -4.91. The maximum absolute atomic E-state index is 11.5. The van der Waals surface area contributed by atoms with Gasteiger partial charge in [-0.1, -0.05) is 55.1 Å². The van der Waals surface area contributed by atoms with Gasteiger partial charge in [-0.25, -0.2) is 14.4 Å². The maximum Gasteiger partial charge on any atom is 0.330 e. The SMILES string of the molecule is C=CC(=O)OCCCc1ccc(N(c2ccc(CCCOC(=O)/C=C/C)cc2)c2ccc(CCCOC(=O)/C=C/C)cc2)cc1. The molecule has 0 spiro atoms. The quantitative estimate of drug-likeness (QED) is 0.0627. The van der Waals surface area contributed by atoms with Gasteiger partial charge in [0.05, 0.1) is 19.8 Å². The van der Waals surface area contributed by atoms with Gasteiger partial charge in [-0.3, -0.25) is 0 Å². The number of ether oxygens (including phenoxy) is 3. The first-order valence-corrected chi connectivity index (χ1v) is 15.4. The highest BCUT2D eigenvalue weighted by atomic mass is 16.5. The van der Waals surface area contributed by atoms with E-state index < -0.39 is 5.97 Å². The van der Waals surface area contributed by atoms with Crippen LogP contribution >= 0.6 is 0 Å². The number of aryl methyl sites for hydroxylation is 3. The van der Waals surface area contributed by atoms with Crippen molar-refractivity contribution in [3.05, 3.63) is 126 Å². The number of nitrogens with zero attached hydrogens (tertiary/aromatic N) is 1. The normalized spacial score (nSPS) is 11.0. The molecule has 0 amide bonds. The van der Waals surface area contributed by atoms with Crippen LogP contribution in [0.5, 0.6) is 0 Å². The summed E-state index contributed by atoms with van der Waals surface area (Å²) in [5.74, 6) is -1.03. The van der Waals surface area contributed by atoms with E-state index in [0.29, 0.717) is 19.8 Å². The number of carbonyl (C=O) groups is 3. The maximum atomic E-state index is 11.5. The molecule has 0 aromatic heterocycles. The summed E-state index contributed by atoms with van der Waals surface area (Å²) in [5, 5.41) is 0. The molecule has 0 aliphatic heterocycles. The molecule has 0 fully saturated rings. The second kappa shape index (κ2) is 19.4. The van der Waals surface area contributed by atoms with Crippen LogP contribution in [0.4, 0.5) is 17.1 Å². The van der Waals surface area contributed by atoms with Gasteiger partial charge >= 0.3 is 17.9 Å². The van der Waals surface area contributed by atoms with E-state index in [9.17, 15) is 14.4 Å². The van der Waals surface area contributed by atoms with Crippen molar-refractivity contribution in [2.24, 2.45) is 0 Å². The van der Waals surface area contributed by atoms with Crippen molar-refractivity contribution in [1.82, 2.24) is 0 Å². The number of carbonyl (C=O) groups excluding carboxylic acids is 3. The third-order valence-electron chi connectivity index (χ3n) is 6.92. The van der Waals surface area contributed by atoms with Crippen molar-refractivity contribution in [1.29, 1.82) is 0 Å². The van der Waals surface area contributed by atoms with Crippen LogP contribution in [0.25, 0.3) is 0 Å². The van der Waals surface area contributed by atoms with Gasteiger partial charge in [-0.05, 0) is 105 Å². The largest absolute Gasteiger partial charge is 0.463 e. The van der Waals surface area contributed by atoms with Crippen LogP contribution in [0.2, 0.25) is 0 Å². The van der Waals surface area contributed by atoms with Crippen molar-refractivity contribution in [2.75, 3.05) is 24.7 Å². The fourth-order valence-electron chi connectivity index (χ4n) is 4.66. The van der Waals surface area contributed by atoms with E-state index in [0.717, 1.165) is 61.2 Å². The van der Waals surface area contributed by atoms with Crippen molar-refractivity contribution in [3.63, 3.8) is 0 Å². The smallest absolute Gasteiger partial charge is 0.330 e. The Morgan fingerprint density at radius 2 is 0.867 bits per heavy atom. The molecule has 7 heteroatoms. The Balaban J connectivity index is 1.71.